The van der Waals surface area contributed by atoms with Crippen molar-refractivity contribution >= 4 is 0 Å². The standard InChI is InChI=1S/C22H31F4N5O2/c1-13-8-14(10-27)2-3-15(13)11-29-21-19(31(32)33)6-7-20(30-21)28-12-16-9-17(22(24,25)26)4-5-18(16)23/h4-7,9,13-15,21,28-30,32-33H,2-3,8,10-12,27H2,1H3/t13-,14?,15?,21?/m0/s1. The Labute approximate surface area is 190 Å². The molecule has 1 fully saturated rings. The van der Waals surface area contributed by atoms with E-state index < -0.39 is 23.7 Å². The van der Waals surface area contributed by atoms with Gasteiger partial charge in [0.25, 0.3) is 0 Å². The lowest BCUT2D eigenvalue weighted by molar-refractivity contribution is -0.282. The van der Waals surface area contributed by atoms with Crippen molar-refractivity contribution in [3.63, 3.8) is 0 Å². The van der Waals surface area contributed by atoms with Gasteiger partial charge in [0.15, 0.2) is 0 Å². The van der Waals surface area contributed by atoms with Gasteiger partial charge in [-0.15, -0.1) is 5.23 Å². The van der Waals surface area contributed by atoms with E-state index in [2.05, 4.69) is 22.9 Å². The molecule has 184 valence electrons. The Morgan fingerprint density at radius 3 is 2.61 bits per heavy atom. The predicted octanol–water partition coefficient (Wildman–Crippen LogP) is 3.27. The minimum absolute atomic E-state index is 0.0131. The Kier molecular flexibility index (Phi) is 8.22. The zero-order valence-electron chi connectivity index (χ0n) is 18.4. The molecule has 0 saturated heterocycles. The molecule has 1 aromatic carbocycles. The molecule has 2 aliphatic rings. The summed E-state index contributed by atoms with van der Waals surface area (Å²) in [6.45, 7) is 3.29. The maximum Gasteiger partial charge on any atom is 0.416 e. The summed E-state index contributed by atoms with van der Waals surface area (Å²) in [6, 6.07) is 2.26. The van der Waals surface area contributed by atoms with Crippen LogP contribution in [0.3, 0.4) is 0 Å². The molecule has 1 heterocycles. The van der Waals surface area contributed by atoms with Crippen LogP contribution in [0.25, 0.3) is 0 Å². The van der Waals surface area contributed by atoms with Gasteiger partial charge in [-0.2, -0.15) is 13.2 Å². The second kappa shape index (κ2) is 10.7. The number of dihydropyridines is 1. The normalized spacial score (nSPS) is 25.7. The molecule has 11 heteroatoms. The Hall–Kier alpha value is -2.34. The van der Waals surface area contributed by atoms with Gasteiger partial charge in [0, 0.05) is 18.7 Å². The smallest absolute Gasteiger partial charge is 0.368 e. The van der Waals surface area contributed by atoms with E-state index in [9.17, 15) is 28.0 Å². The molecular weight excluding hydrogens is 442 g/mol. The molecule has 1 saturated carbocycles. The minimum Gasteiger partial charge on any atom is -0.368 e. The average Bonchev–Trinajstić information content (AvgIpc) is 2.76. The third kappa shape index (κ3) is 6.59. The van der Waals surface area contributed by atoms with Crippen molar-refractivity contribution in [3.05, 3.63) is 58.8 Å². The number of hydrogen-bond acceptors (Lipinski definition) is 7. The second-order valence-corrected chi connectivity index (χ2v) is 8.76. The monoisotopic (exact) mass is 473 g/mol. The predicted molar refractivity (Wildman–Crippen MR) is 114 cm³/mol. The highest BCUT2D eigenvalue weighted by Crippen LogP contribution is 2.33. The first kappa shape index (κ1) is 25.3. The minimum atomic E-state index is -4.57. The highest BCUT2D eigenvalue weighted by atomic mass is 19.4. The average molecular weight is 474 g/mol. The number of nitrogens with zero attached hydrogens (tertiary/aromatic N) is 1. The van der Waals surface area contributed by atoms with Crippen LogP contribution in [0.5, 0.6) is 0 Å². The van der Waals surface area contributed by atoms with Crippen LogP contribution in [0.15, 0.2) is 41.9 Å². The molecule has 0 bridgehead atoms. The topological polar surface area (TPSA) is 106 Å². The van der Waals surface area contributed by atoms with E-state index in [1.54, 1.807) is 0 Å². The first-order valence-electron chi connectivity index (χ1n) is 11.0. The van der Waals surface area contributed by atoms with E-state index >= 15 is 0 Å². The maximum atomic E-state index is 14.0. The molecule has 33 heavy (non-hydrogen) atoms. The summed E-state index contributed by atoms with van der Waals surface area (Å²) < 4.78 is 52.8. The first-order valence-corrected chi connectivity index (χ1v) is 11.0. The van der Waals surface area contributed by atoms with E-state index in [-0.39, 0.29) is 23.0 Å². The quantitative estimate of drug-likeness (QED) is 0.254. The van der Waals surface area contributed by atoms with E-state index in [0.717, 1.165) is 31.4 Å². The number of benzene rings is 1. The van der Waals surface area contributed by atoms with E-state index in [1.165, 1.54) is 12.2 Å². The molecule has 4 atom stereocenters. The fraction of sp³-hybridized carbons (Fsp3) is 0.545. The number of halogens is 4. The van der Waals surface area contributed by atoms with Crippen LogP contribution in [-0.4, -0.2) is 34.9 Å². The Bertz CT molecular complexity index is 875. The third-order valence-corrected chi connectivity index (χ3v) is 6.46. The Morgan fingerprint density at radius 2 is 1.97 bits per heavy atom. The van der Waals surface area contributed by atoms with Crippen LogP contribution >= 0.6 is 0 Å². The molecule has 3 unspecified atom stereocenters. The molecule has 1 aliphatic carbocycles. The number of allylic oxidation sites excluding steroid dienone is 2. The zero-order valence-corrected chi connectivity index (χ0v) is 18.4. The SMILES string of the molecule is C[C@H]1CC(CN)CCC1CNC1NC(NCc2cc(C(F)(F)F)ccc2F)=CC=C1N(O)O. The lowest BCUT2D eigenvalue weighted by atomic mass is 9.75. The molecule has 7 nitrogen and oxygen atoms in total. The van der Waals surface area contributed by atoms with Crippen LogP contribution in [0.1, 0.15) is 37.3 Å². The van der Waals surface area contributed by atoms with Gasteiger partial charge in [0.05, 0.1) is 5.56 Å². The summed E-state index contributed by atoms with van der Waals surface area (Å²) in [7, 11) is 0. The lowest BCUT2D eigenvalue weighted by Crippen LogP contribution is -2.52. The van der Waals surface area contributed by atoms with Gasteiger partial charge in [-0.25, -0.2) is 4.39 Å². The zero-order chi connectivity index (χ0) is 24.2. The van der Waals surface area contributed by atoms with Crippen LogP contribution in [0.2, 0.25) is 0 Å². The van der Waals surface area contributed by atoms with Gasteiger partial charge < -0.3 is 16.4 Å². The first-order chi connectivity index (χ1) is 15.6. The molecule has 1 aliphatic heterocycles. The van der Waals surface area contributed by atoms with Crippen molar-refractivity contribution in [3.8, 4) is 0 Å². The van der Waals surface area contributed by atoms with Gasteiger partial charge >= 0.3 is 6.18 Å². The summed E-state index contributed by atoms with van der Waals surface area (Å²) in [5, 5.41) is 28.3. The molecule has 0 aromatic heterocycles. The molecule has 3 rings (SSSR count). The molecule has 0 spiro atoms. The van der Waals surface area contributed by atoms with E-state index in [1.807, 2.05) is 0 Å². The number of nitrogens with two attached hydrogens (primary N) is 1. The molecule has 0 amide bonds. The Morgan fingerprint density at radius 1 is 1.21 bits per heavy atom. The molecule has 7 N–H and O–H groups in total. The van der Waals surface area contributed by atoms with Crippen LogP contribution in [0, 0.1) is 23.6 Å². The molecular formula is C22H31F4N5O2. The van der Waals surface area contributed by atoms with Crippen molar-refractivity contribution in [2.45, 2.75) is 45.1 Å². The highest BCUT2D eigenvalue weighted by molar-refractivity contribution is 5.29. The fourth-order valence-electron chi connectivity index (χ4n) is 4.42. The summed E-state index contributed by atoms with van der Waals surface area (Å²) in [5.74, 6) is 1.03. The summed E-state index contributed by atoms with van der Waals surface area (Å²) in [6.07, 6.45) is 0.823. The summed E-state index contributed by atoms with van der Waals surface area (Å²) in [5.41, 5.74) is 4.87. The van der Waals surface area contributed by atoms with Crippen molar-refractivity contribution in [2.24, 2.45) is 23.5 Å². The van der Waals surface area contributed by atoms with E-state index in [4.69, 9.17) is 5.73 Å². The van der Waals surface area contributed by atoms with Gasteiger partial charge in [-0.3, -0.25) is 15.7 Å². The van der Waals surface area contributed by atoms with E-state index in [0.29, 0.717) is 42.7 Å². The number of hydrogen-bond donors (Lipinski definition) is 6. The van der Waals surface area contributed by atoms with Gasteiger partial charge in [0.2, 0.25) is 0 Å². The summed E-state index contributed by atoms with van der Waals surface area (Å²) >= 11 is 0. The number of alkyl halides is 3. The molecule has 1 aromatic rings. The van der Waals surface area contributed by atoms with Crippen molar-refractivity contribution in [1.82, 2.24) is 21.2 Å². The third-order valence-electron chi connectivity index (χ3n) is 6.46. The van der Waals surface area contributed by atoms with Crippen molar-refractivity contribution < 1.29 is 28.0 Å². The number of nitrogens with one attached hydrogen (secondary N) is 3. The maximum absolute atomic E-state index is 14.0. The van der Waals surface area contributed by atoms with Crippen LogP contribution in [-0.2, 0) is 12.7 Å². The largest absolute Gasteiger partial charge is 0.416 e. The highest BCUT2D eigenvalue weighted by Gasteiger charge is 2.31. The molecule has 0 radical (unpaired) electrons. The van der Waals surface area contributed by atoms with Gasteiger partial charge in [-0.1, -0.05) is 6.92 Å². The van der Waals surface area contributed by atoms with Crippen molar-refractivity contribution in [2.75, 3.05) is 13.1 Å². The van der Waals surface area contributed by atoms with Gasteiger partial charge in [0.1, 0.15) is 23.5 Å². The van der Waals surface area contributed by atoms with Crippen LogP contribution < -0.4 is 21.7 Å². The van der Waals surface area contributed by atoms with Crippen LogP contribution in [0.4, 0.5) is 17.6 Å². The van der Waals surface area contributed by atoms with Crippen molar-refractivity contribution in [1.29, 1.82) is 0 Å². The fourth-order valence-corrected chi connectivity index (χ4v) is 4.42. The van der Waals surface area contributed by atoms with Gasteiger partial charge in [-0.05, 0) is 73.9 Å². The Balaban J connectivity index is 1.62. The summed E-state index contributed by atoms with van der Waals surface area (Å²) in [4.78, 5) is 0. The second-order valence-electron chi connectivity index (χ2n) is 8.76. The number of hydroxylamine groups is 2. The number of rotatable bonds is 8. The lowest BCUT2D eigenvalue weighted by Gasteiger charge is -2.36.